The number of imidazole rings is 1. The van der Waals surface area contributed by atoms with Crippen molar-refractivity contribution in [3.05, 3.63) is 29.2 Å². The number of rotatable bonds is 3. The summed E-state index contributed by atoms with van der Waals surface area (Å²) in [6.45, 7) is 2.67. The summed E-state index contributed by atoms with van der Waals surface area (Å²) in [6.07, 6.45) is 1.67. The Bertz CT molecular complexity index is 1220. The summed E-state index contributed by atoms with van der Waals surface area (Å²) < 4.78 is 22.2. The average Bonchev–Trinajstić information content (AvgIpc) is 3.16. The first-order valence-electron chi connectivity index (χ1n) is 10.4. The molecule has 0 radical (unpaired) electrons. The second-order valence-electron chi connectivity index (χ2n) is 8.19. The number of anilines is 2. The molecule has 168 valence electrons. The van der Waals surface area contributed by atoms with E-state index in [1.807, 2.05) is 11.5 Å². The zero-order valence-corrected chi connectivity index (χ0v) is 18.3. The second-order valence-corrected chi connectivity index (χ2v) is 8.59. The smallest absolute Gasteiger partial charge is 0.231 e. The minimum absolute atomic E-state index is 0.0641. The molecule has 1 amide bonds. The van der Waals surface area contributed by atoms with Crippen molar-refractivity contribution in [2.24, 2.45) is 0 Å². The van der Waals surface area contributed by atoms with Crippen molar-refractivity contribution in [3.8, 4) is 11.3 Å². The van der Waals surface area contributed by atoms with E-state index in [-0.39, 0.29) is 41.1 Å². The number of amides is 1. The van der Waals surface area contributed by atoms with Gasteiger partial charge in [-0.1, -0.05) is 11.6 Å². The van der Waals surface area contributed by atoms with Gasteiger partial charge in [0.25, 0.3) is 0 Å². The molecule has 3 atom stereocenters. The highest BCUT2D eigenvalue weighted by Crippen LogP contribution is 2.37. The van der Waals surface area contributed by atoms with E-state index in [1.54, 1.807) is 13.1 Å². The minimum Gasteiger partial charge on any atom is -0.389 e. The lowest BCUT2D eigenvalue weighted by molar-refractivity contribution is -0.119. The predicted octanol–water partition coefficient (Wildman–Crippen LogP) is 2.78. The lowest BCUT2D eigenvalue weighted by Crippen LogP contribution is -2.42. The van der Waals surface area contributed by atoms with Crippen LogP contribution < -0.4 is 10.2 Å². The molecule has 2 aliphatic heterocycles. The molecule has 4 heterocycles. The van der Waals surface area contributed by atoms with Crippen molar-refractivity contribution in [1.29, 1.82) is 0 Å². The number of hydrogen-bond acceptors (Lipinski definition) is 7. The van der Waals surface area contributed by atoms with Gasteiger partial charge in [-0.2, -0.15) is 0 Å². The third-order valence-corrected chi connectivity index (χ3v) is 6.25. The van der Waals surface area contributed by atoms with Crippen LogP contribution in [0.1, 0.15) is 25.8 Å². The maximum absolute atomic E-state index is 15.1. The number of carbonyl (C=O) groups excluding carboxylic acids is 1. The average molecular weight is 461 g/mol. The fraction of sp³-hybridized carbons (Fsp3) is 0.429. The van der Waals surface area contributed by atoms with E-state index < -0.39 is 11.9 Å². The van der Waals surface area contributed by atoms with Crippen LogP contribution in [0.25, 0.3) is 22.3 Å². The van der Waals surface area contributed by atoms with Gasteiger partial charge in [-0.05, 0) is 25.5 Å². The van der Waals surface area contributed by atoms with Crippen LogP contribution in [-0.2, 0) is 9.53 Å². The first-order chi connectivity index (χ1) is 15.3. The molecule has 1 saturated heterocycles. The summed E-state index contributed by atoms with van der Waals surface area (Å²) in [4.78, 5) is 26.7. The van der Waals surface area contributed by atoms with Crippen LogP contribution >= 0.6 is 11.6 Å². The quantitative estimate of drug-likeness (QED) is 0.619. The van der Waals surface area contributed by atoms with Crippen molar-refractivity contribution in [1.82, 2.24) is 19.5 Å². The number of benzene rings is 1. The Balaban J connectivity index is 1.58. The van der Waals surface area contributed by atoms with Crippen LogP contribution in [0.15, 0.2) is 18.3 Å². The summed E-state index contributed by atoms with van der Waals surface area (Å²) >= 11 is 6.37. The van der Waals surface area contributed by atoms with E-state index in [2.05, 4.69) is 20.3 Å². The van der Waals surface area contributed by atoms with Gasteiger partial charge in [0, 0.05) is 31.7 Å². The number of fused-ring (bicyclic) bond motifs is 3. The molecule has 1 fully saturated rings. The normalized spacial score (nSPS) is 23.5. The van der Waals surface area contributed by atoms with E-state index in [9.17, 15) is 9.90 Å². The molecule has 32 heavy (non-hydrogen) atoms. The Morgan fingerprint density at radius 3 is 2.94 bits per heavy atom. The molecule has 2 aliphatic rings. The maximum Gasteiger partial charge on any atom is 0.231 e. The summed E-state index contributed by atoms with van der Waals surface area (Å²) in [7, 11) is 1.63. The first-order valence-corrected chi connectivity index (χ1v) is 10.7. The zero-order chi connectivity index (χ0) is 22.6. The summed E-state index contributed by atoms with van der Waals surface area (Å²) in [5, 5.41) is 13.5. The highest BCUT2D eigenvalue weighted by atomic mass is 35.5. The largest absolute Gasteiger partial charge is 0.389 e. The van der Waals surface area contributed by atoms with E-state index in [1.165, 1.54) is 17.2 Å². The van der Waals surface area contributed by atoms with E-state index in [0.717, 1.165) is 0 Å². The Morgan fingerprint density at radius 2 is 2.16 bits per heavy atom. The Kier molecular flexibility index (Phi) is 5.23. The number of aliphatic hydroxyl groups excluding tert-OH is 1. The fourth-order valence-corrected chi connectivity index (χ4v) is 4.44. The van der Waals surface area contributed by atoms with E-state index in [4.69, 9.17) is 16.3 Å². The van der Waals surface area contributed by atoms with Crippen molar-refractivity contribution in [3.63, 3.8) is 0 Å². The number of halogens is 2. The third-order valence-electron chi connectivity index (χ3n) is 5.97. The van der Waals surface area contributed by atoms with Gasteiger partial charge < -0.3 is 19.7 Å². The lowest BCUT2D eigenvalue weighted by atomic mass is 10.1. The van der Waals surface area contributed by atoms with E-state index in [0.29, 0.717) is 42.2 Å². The van der Waals surface area contributed by atoms with Gasteiger partial charge in [-0.3, -0.25) is 9.69 Å². The molecule has 0 saturated carbocycles. The third kappa shape index (κ3) is 3.48. The lowest BCUT2D eigenvalue weighted by Gasteiger charge is -2.28. The van der Waals surface area contributed by atoms with Crippen LogP contribution in [0, 0.1) is 5.82 Å². The molecule has 0 aliphatic carbocycles. The number of carbonyl (C=O) groups is 1. The Hall–Kier alpha value is -2.82. The Morgan fingerprint density at radius 1 is 1.34 bits per heavy atom. The monoisotopic (exact) mass is 460 g/mol. The molecule has 2 aromatic heterocycles. The number of hydrogen-bond donors (Lipinski definition) is 2. The van der Waals surface area contributed by atoms with Crippen LogP contribution in [0.4, 0.5) is 16.3 Å². The van der Waals surface area contributed by atoms with Crippen LogP contribution in [0.5, 0.6) is 0 Å². The summed E-state index contributed by atoms with van der Waals surface area (Å²) in [5.74, 6) is 0.0941. The topological polar surface area (TPSA) is 105 Å². The molecule has 1 aromatic carbocycles. The molecule has 0 spiro atoms. The molecular weight excluding hydrogens is 439 g/mol. The molecule has 5 rings (SSSR count). The van der Waals surface area contributed by atoms with Gasteiger partial charge >= 0.3 is 0 Å². The van der Waals surface area contributed by atoms with Gasteiger partial charge in [-0.25, -0.2) is 19.3 Å². The van der Waals surface area contributed by atoms with Crippen molar-refractivity contribution < 1.29 is 19.0 Å². The Labute approximate surface area is 188 Å². The molecule has 11 heteroatoms. The molecular formula is C21H22ClFN6O3. The number of nitrogens with zero attached hydrogens (tertiary/aromatic N) is 5. The van der Waals surface area contributed by atoms with E-state index >= 15 is 4.39 Å². The van der Waals surface area contributed by atoms with Crippen molar-refractivity contribution in [2.45, 2.75) is 38.0 Å². The molecule has 0 bridgehead atoms. The molecule has 1 unspecified atom stereocenters. The van der Waals surface area contributed by atoms with Gasteiger partial charge in [0.2, 0.25) is 17.8 Å². The summed E-state index contributed by atoms with van der Waals surface area (Å²) in [5.41, 5.74) is 1.57. The number of nitrogens with one attached hydrogen (secondary N) is 1. The standard InChI is InChI=1S/C21H22ClFN6O3/c1-10-5-17(31)28(2)21-27-19-13(23)6-11(7-15(19)29(10)21)18-12(22)8-24-20(26-18)25-14-3-4-32-9-16(14)30/h6-8,10,14,16,30H,3-5,9H2,1-2H3,(H,24,25,26)/t10?,14-,16-/m1/s1. The predicted molar refractivity (Wildman–Crippen MR) is 117 cm³/mol. The van der Waals surface area contributed by atoms with Gasteiger partial charge in [0.15, 0.2) is 5.82 Å². The number of aromatic nitrogens is 4. The van der Waals surface area contributed by atoms with Crippen LogP contribution in [0.2, 0.25) is 5.02 Å². The zero-order valence-electron chi connectivity index (χ0n) is 17.5. The second kappa shape index (κ2) is 7.95. The first kappa shape index (κ1) is 21.0. The van der Waals surface area contributed by atoms with Crippen LogP contribution in [-0.4, -0.2) is 62.9 Å². The van der Waals surface area contributed by atoms with Crippen LogP contribution in [0.3, 0.4) is 0 Å². The summed E-state index contributed by atoms with van der Waals surface area (Å²) in [6, 6.07) is 2.68. The van der Waals surface area contributed by atoms with Gasteiger partial charge in [0.05, 0.1) is 41.2 Å². The molecule has 9 nitrogen and oxygen atoms in total. The maximum atomic E-state index is 15.1. The molecule has 3 aromatic rings. The van der Waals surface area contributed by atoms with Crippen molar-refractivity contribution >= 4 is 40.4 Å². The number of ether oxygens (including phenoxy) is 1. The highest BCUT2D eigenvalue weighted by molar-refractivity contribution is 6.33. The molecule has 2 N–H and O–H groups in total. The SMILES string of the molecule is CC1CC(=O)N(C)c2nc3c(F)cc(-c4nc(N[C@@H]5CCOC[C@H]5O)ncc4Cl)cc3n21. The van der Waals surface area contributed by atoms with Crippen molar-refractivity contribution in [2.75, 3.05) is 30.5 Å². The van der Waals surface area contributed by atoms with Gasteiger partial charge in [-0.15, -0.1) is 0 Å². The fourth-order valence-electron chi connectivity index (χ4n) is 4.24. The minimum atomic E-state index is -0.681. The number of aliphatic hydroxyl groups is 1. The highest BCUT2D eigenvalue weighted by Gasteiger charge is 2.31. The van der Waals surface area contributed by atoms with Gasteiger partial charge in [0.1, 0.15) is 5.52 Å².